The van der Waals surface area contributed by atoms with E-state index in [9.17, 15) is 13.2 Å². The minimum Gasteiger partial charge on any atom is -0.399 e. The van der Waals surface area contributed by atoms with Crippen molar-refractivity contribution in [1.82, 2.24) is 0 Å². The number of carbonyl (C=O) groups is 1. The fourth-order valence-corrected chi connectivity index (χ4v) is 3.38. The van der Waals surface area contributed by atoms with Gasteiger partial charge in [0, 0.05) is 22.6 Å². The van der Waals surface area contributed by atoms with Crippen molar-refractivity contribution >= 4 is 33.0 Å². The van der Waals surface area contributed by atoms with Crippen LogP contribution in [0.15, 0.2) is 83.8 Å². The molecule has 0 spiro atoms. The zero-order valence-corrected chi connectivity index (χ0v) is 14.5. The highest BCUT2D eigenvalue weighted by Gasteiger charge is 2.14. The molecule has 26 heavy (non-hydrogen) atoms. The normalized spacial score (nSPS) is 10.9. The van der Waals surface area contributed by atoms with E-state index in [1.54, 1.807) is 60.7 Å². The Labute approximate surface area is 151 Å². The summed E-state index contributed by atoms with van der Waals surface area (Å²) in [5, 5.41) is 2.74. The van der Waals surface area contributed by atoms with E-state index in [1.807, 2.05) is 0 Å². The Kier molecular flexibility index (Phi) is 4.90. The van der Waals surface area contributed by atoms with E-state index in [2.05, 4.69) is 10.0 Å². The Morgan fingerprint density at radius 3 is 2.19 bits per heavy atom. The molecule has 0 radical (unpaired) electrons. The number of anilines is 3. The SMILES string of the molecule is Nc1ccc(NC(=O)c2cccc(NS(=O)(=O)c3ccccc3)c2)cc1. The molecule has 1 amide bonds. The number of sulfonamides is 1. The van der Waals surface area contributed by atoms with Gasteiger partial charge in [-0.15, -0.1) is 0 Å². The minimum absolute atomic E-state index is 0.150. The predicted molar refractivity (Wildman–Crippen MR) is 103 cm³/mol. The van der Waals surface area contributed by atoms with Crippen LogP contribution in [-0.4, -0.2) is 14.3 Å². The number of hydrogen-bond acceptors (Lipinski definition) is 4. The van der Waals surface area contributed by atoms with Crippen LogP contribution in [0.25, 0.3) is 0 Å². The average Bonchev–Trinajstić information content (AvgIpc) is 2.64. The molecule has 0 aliphatic heterocycles. The van der Waals surface area contributed by atoms with E-state index in [1.165, 1.54) is 18.2 Å². The first-order valence-corrected chi connectivity index (χ1v) is 9.27. The maximum absolute atomic E-state index is 12.4. The predicted octanol–water partition coefficient (Wildman–Crippen LogP) is 3.32. The Hall–Kier alpha value is -3.32. The van der Waals surface area contributed by atoms with Crippen LogP contribution in [0.1, 0.15) is 10.4 Å². The number of benzene rings is 3. The monoisotopic (exact) mass is 367 g/mol. The molecule has 0 atom stereocenters. The van der Waals surface area contributed by atoms with Crippen LogP contribution in [0.3, 0.4) is 0 Å². The van der Waals surface area contributed by atoms with Crippen molar-refractivity contribution in [3.05, 3.63) is 84.4 Å². The van der Waals surface area contributed by atoms with Crippen molar-refractivity contribution in [2.45, 2.75) is 4.90 Å². The maximum Gasteiger partial charge on any atom is 0.261 e. The number of hydrogen-bond donors (Lipinski definition) is 3. The van der Waals surface area contributed by atoms with Gasteiger partial charge >= 0.3 is 0 Å². The van der Waals surface area contributed by atoms with Gasteiger partial charge in [-0.05, 0) is 54.6 Å². The molecule has 0 aliphatic carbocycles. The molecule has 0 heterocycles. The molecule has 6 nitrogen and oxygen atoms in total. The third kappa shape index (κ3) is 4.20. The number of nitrogens with one attached hydrogen (secondary N) is 2. The first-order chi connectivity index (χ1) is 12.4. The number of amides is 1. The van der Waals surface area contributed by atoms with Crippen LogP contribution in [-0.2, 0) is 10.0 Å². The number of nitrogen functional groups attached to an aromatic ring is 1. The van der Waals surface area contributed by atoms with Crippen LogP contribution in [0.5, 0.6) is 0 Å². The van der Waals surface area contributed by atoms with Gasteiger partial charge < -0.3 is 11.1 Å². The van der Waals surface area contributed by atoms with Crippen LogP contribution in [0.2, 0.25) is 0 Å². The van der Waals surface area contributed by atoms with Crippen LogP contribution < -0.4 is 15.8 Å². The smallest absolute Gasteiger partial charge is 0.261 e. The number of nitrogens with two attached hydrogens (primary N) is 1. The second-order valence-corrected chi connectivity index (χ2v) is 7.26. The van der Waals surface area contributed by atoms with Crippen molar-refractivity contribution in [2.75, 3.05) is 15.8 Å². The lowest BCUT2D eigenvalue weighted by atomic mass is 10.2. The molecule has 0 fully saturated rings. The maximum atomic E-state index is 12.4. The summed E-state index contributed by atoms with van der Waals surface area (Å²) in [7, 11) is -3.72. The molecule has 0 aliphatic rings. The Morgan fingerprint density at radius 1 is 0.808 bits per heavy atom. The van der Waals surface area contributed by atoms with Crippen molar-refractivity contribution in [2.24, 2.45) is 0 Å². The van der Waals surface area contributed by atoms with Crippen LogP contribution in [0, 0.1) is 0 Å². The lowest BCUT2D eigenvalue weighted by Crippen LogP contribution is -2.15. The molecule has 0 aromatic heterocycles. The second-order valence-electron chi connectivity index (χ2n) is 5.58. The van der Waals surface area contributed by atoms with Gasteiger partial charge in [-0.2, -0.15) is 0 Å². The van der Waals surface area contributed by atoms with E-state index in [-0.39, 0.29) is 10.8 Å². The molecule has 3 rings (SSSR count). The fraction of sp³-hybridized carbons (Fsp3) is 0. The topological polar surface area (TPSA) is 101 Å². The first-order valence-electron chi connectivity index (χ1n) is 7.79. The van der Waals surface area contributed by atoms with Gasteiger partial charge in [-0.1, -0.05) is 24.3 Å². The molecule has 0 bridgehead atoms. The van der Waals surface area contributed by atoms with E-state index >= 15 is 0 Å². The van der Waals surface area contributed by atoms with E-state index in [4.69, 9.17) is 5.73 Å². The quantitative estimate of drug-likeness (QED) is 0.602. The van der Waals surface area contributed by atoms with Gasteiger partial charge in [0.1, 0.15) is 0 Å². The Bertz CT molecular complexity index is 1020. The van der Waals surface area contributed by atoms with Crippen molar-refractivity contribution < 1.29 is 13.2 Å². The van der Waals surface area contributed by atoms with Gasteiger partial charge in [0.25, 0.3) is 15.9 Å². The Morgan fingerprint density at radius 2 is 1.50 bits per heavy atom. The zero-order chi connectivity index (χ0) is 18.6. The standard InChI is InChI=1S/C19H17N3O3S/c20-15-9-11-16(12-10-15)21-19(23)14-5-4-6-17(13-14)22-26(24,25)18-7-2-1-3-8-18/h1-13,22H,20H2,(H,21,23). The molecule has 7 heteroatoms. The summed E-state index contributed by atoms with van der Waals surface area (Å²) in [5.41, 5.74) is 7.44. The Balaban J connectivity index is 1.77. The van der Waals surface area contributed by atoms with E-state index in [0.717, 1.165) is 0 Å². The number of rotatable bonds is 5. The van der Waals surface area contributed by atoms with Gasteiger partial charge in [0.15, 0.2) is 0 Å². The molecular formula is C19H17N3O3S. The summed E-state index contributed by atoms with van der Waals surface area (Å²) in [4.78, 5) is 12.5. The van der Waals surface area contributed by atoms with Crippen molar-refractivity contribution in [3.8, 4) is 0 Å². The summed E-state index contributed by atoms with van der Waals surface area (Å²) in [6.07, 6.45) is 0. The van der Waals surface area contributed by atoms with Crippen molar-refractivity contribution in [3.63, 3.8) is 0 Å². The highest BCUT2D eigenvalue weighted by molar-refractivity contribution is 7.92. The molecule has 0 unspecified atom stereocenters. The van der Waals surface area contributed by atoms with E-state index in [0.29, 0.717) is 22.6 Å². The lowest BCUT2D eigenvalue weighted by molar-refractivity contribution is 0.102. The van der Waals surface area contributed by atoms with Gasteiger partial charge in [-0.3, -0.25) is 9.52 Å². The van der Waals surface area contributed by atoms with Crippen molar-refractivity contribution in [1.29, 1.82) is 0 Å². The molecule has 0 saturated heterocycles. The van der Waals surface area contributed by atoms with Gasteiger partial charge in [-0.25, -0.2) is 8.42 Å². The third-order valence-electron chi connectivity index (χ3n) is 3.60. The molecule has 3 aromatic carbocycles. The molecule has 0 saturated carbocycles. The minimum atomic E-state index is -3.72. The molecule has 4 N–H and O–H groups in total. The van der Waals surface area contributed by atoms with Gasteiger partial charge in [0.2, 0.25) is 0 Å². The summed E-state index contributed by atoms with van der Waals surface area (Å²) < 4.78 is 27.2. The molecule has 132 valence electrons. The summed E-state index contributed by atoms with van der Waals surface area (Å²) in [6, 6.07) is 21.0. The fourth-order valence-electron chi connectivity index (χ4n) is 2.31. The summed E-state index contributed by atoms with van der Waals surface area (Å²) >= 11 is 0. The highest BCUT2D eigenvalue weighted by atomic mass is 32.2. The second kappa shape index (κ2) is 7.28. The lowest BCUT2D eigenvalue weighted by Gasteiger charge is -2.10. The zero-order valence-electron chi connectivity index (χ0n) is 13.7. The highest BCUT2D eigenvalue weighted by Crippen LogP contribution is 2.18. The van der Waals surface area contributed by atoms with Gasteiger partial charge in [0.05, 0.1) is 4.90 Å². The van der Waals surface area contributed by atoms with E-state index < -0.39 is 10.0 Å². The number of carbonyl (C=O) groups excluding carboxylic acids is 1. The first kappa shape index (κ1) is 17.5. The van der Waals surface area contributed by atoms with Crippen LogP contribution >= 0.6 is 0 Å². The summed E-state index contributed by atoms with van der Waals surface area (Å²) in [6.45, 7) is 0. The third-order valence-corrected chi connectivity index (χ3v) is 5.00. The molecule has 3 aromatic rings. The largest absolute Gasteiger partial charge is 0.399 e. The summed E-state index contributed by atoms with van der Waals surface area (Å²) in [5.74, 6) is -0.351. The van der Waals surface area contributed by atoms with Crippen LogP contribution in [0.4, 0.5) is 17.1 Å². The molecular weight excluding hydrogens is 350 g/mol. The average molecular weight is 367 g/mol.